The smallest absolute Gasteiger partial charge is 0.131 e. The van der Waals surface area contributed by atoms with Crippen LogP contribution in [0.25, 0.3) is 0 Å². The number of aryl methyl sites for hydroxylation is 2. The standard InChI is InChI=1S/C15H19Br2N3O/c1-4-20-13(15(17)10(3)19-20)8-21-14-6-5-11(16)7-12(14)9(2)18/h5-7,9H,4,8,18H2,1-3H3. The molecule has 0 spiro atoms. The Morgan fingerprint density at radius 1 is 1.38 bits per heavy atom. The van der Waals surface area contributed by atoms with Crippen LogP contribution in [0.15, 0.2) is 27.1 Å². The number of nitrogens with two attached hydrogens (primary N) is 1. The van der Waals surface area contributed by atoms with Crippen molar-refractivity contribution in [1.82, 2.24) is 9.78 Å². The number of hydrogen-bond donors (Lipinski definition) is 1. The van der Waals surface area contributed by atoms with E-state index in [2.05, 4.69) is 43.9 Å². The van der Waals surface area contributed by atoms with Gasteiger partial charge >= 0.3 is 0 Å². The lowest BCUT2D eigenvalue weighted by Crippen LogP contribution is -2.10. The first kappa shape index (κ1) is 16.5. The first-order valence-corrected chi connectivity index (χ1v) is 8.42. The van der Waals surface area contributed by atoms with Crippen LogP contribution in [-0.4, -0.2) is 9.78 Å². The van der Waals surface area contributed by atoms with Crippen molar-refractivity contribution >= 4 is 31.9 Å². The van der Waals surface area contributed by atoms with Crippen LogP contribution in [0.4, 0.5) is 0 Å². The molecule has 0 bridgehead atoms. The molecular weight excluding hydrogens is 398 g/mol. The second kappa shape index (κ2) is 6.94. The van der Waals surface area contributed by atoms with Crippen LogP contribution in [-0.2, 0) is 13.2 Å². The van der Waals surface area contributed by atoms with Gasteiger partial charge in [-0.15, -0.1) is 0 Å². The Labute approximate surface area is 141 Å². The predicted molar refractivity (Wildman–Crippen MR) is 91.4 cm³/mol. The Hall–Kier alpha value is -0.850. The molecule has 2 aromatic rings. The van der Waals surface area contributed by atoms with E-state index in [0.717, 1.165) is 38.2 Å². The van der Waals surface area contributed by atoms with Crippen LogP contribution >= 0.6 is 31.9 Å². The Balaban J connectivity index is 2.25. The van der Waals surface area contributed by atoms with Gasteiger partial charge in [-0.05, 0) is 54.9 Å². The summed E-state index contributed by atoms with van der Waals surface area (Å²) < 4.78 is 9.93. The van der Waals surface area contributed by atoms with E-state index in [0.29, 0.717) is 6.61 Å². The Kier molecular flexibility index (Phi) is 5.46. The SMILES string of the molecule is CCn1nc(C)c(Br)c1COc1ccc(Br)cc1C(C)N. The first-order valence-electron chi connectivity index (χ1n) is 6.83. The molecule has 1 heterocycles. The predicted octanol–water partition coefficient (Wildman–Crippen LogP) is 4.34. The fourth-order valence-electron chi connectivity index (χ4n) is 2.16. The van der Waals surface area contributed by atoms with Gasteiger partial charge < -0.3 is 10.5 Å². The minimum absolute atomic E-state index is 0.0845. The molecule has 0 saturated heterocycles. The largest absolute Gasteiger partial charge is 0.487 e. The zero-order chi connectivity index (χ0) is 15.6. The quantitative estimate of drug-likeness (QED) is 0.788. The van der Waals surface area contributed by atoms with Gasteiger partial charge in [0, 0.05) is 22.6 Å². The molecule has 1 aromatic heterocycles. The minimum atomic E-state index is -0.0845. The van der Waals surface area contributed by atoms with Crippen molar-refractivity contribution in [3.63, 3.8) is 0 Å². The highest BCUT2D eigenvalue weighted by Crippen LogP contribution is 2.29. The van der Waals surface area contributed by atoms with Crippen LogP contribution in [0, 0.1) is 6.92 Å². The molecule has 114 valence electrons. The van der Waals surface area contributed by atoms with Gasteiger partial charge in [0.05, 0.1) is 15.9 Å². The van der Waals surface area contributed by atoms with E-state index in [1.54, 1.807) is 0 Å². The Morgan fingerprint density at radius 3 is 2.71 bits per heavy atom. The van der Waals surface area contributed by atoms with Crippen molar-refractivity contribution in [1.29, 1.82) is 0 Å². The molecule has 6 heteroatoms. The molecular formula is C15H19Br2N3O. The van der Waals surface area contributed by atoms with E-state index < -0.39 is 0 Å². The van der Waals surface area contributed by atoms with E-state index >= 15 is 0 Å². The number of ether oxygens (including phenoxy) is 1. The molecule has 1 atom stereocenters. The summed E-state index contributed by atoms with van der Waals surface area (Å²) in [5.41, 5.74) is 9.01. The summed E-state index contributed by atoms with van der Waals surface area (Å²) in [6, 6.07) is 5.81. The normalized spacial score (nSPS) is 12.5. The summed E-state index contributed by atoms with van der Waals surface area (Å²) >= 11 is 7.04. The third kappa shape index (κ3) is 3.67. The van der Waals surface area contributed by atoms with Crippen LogP contribution in [0.1, 0.15) is 36.8 Å². The molecule has 0 aliphatic heterocycles. The average molecular weight is 417 g/mol. The maximum atomic E-state index is 6.01. The van der Waals surface area contributed by atoms with Gasteiger partial charge in [-0.3, -0.25) is 4.68 Å². The highest BCUT2D eigenvalue weighted by Gasteiger charge is 2.14. The maximum Gasteiger partial charge on any atom is 0.131 e. The summed E-state index contributed by atoms with van der Waals surface area (Å²) in [6.45, 7) is 7.26. The molecule has 1 unspecified atom stereocenters. The van der Waals surface area contributed by atoms with Gasteiger partial charge in [0.1, 0.15) is 12.4 Å². The van der Waals surface area contributed by atoms with Gasteiger partial charge in [-0.2, -0.15) is 5.10 Å². The second-order valence-electron chi connectivity index (χ2n) is 4.92. The van der Waals surface area contributed by atoms with Crippen LogP contribution in [0.5, 0.6) is 5.75 Å². The van der Waals surface area contributed by atoms with Gasteiger partial charge in [0.15, 0.2) is 0 Å². The summed E-state index contributed by atoms with van der Waals surface area (Å²) in [5, 5.41) is 4.47. The van der Waals surface area contributed by atoms with E-state index in [4.69, 9.17) is 10.5 Å². The maximum absolute atomic E-state index is 6.01. The van der Waals surface area contributed by atoms with Crippen molar-refractivity contribution in [2.45, 2.75) is 40.0 Å². The average Bonchev–Trinajstić information content (AvgIpc) is 2.72. The summed E-state index contributed by atoms with van der Waals surface area (Å²) in [6.07, 6.45) is 0. The second-order valence-corrected chi connectivity index (χ2v) is 6.63. The Bertz CT molecular complexity index is 638. The van der Waals surface area contributed by atoms with Gasteiger partial charge in [-0.1, -0.05) is 15.9 Å². The third-order valence-corrected chi connectivity index (χ3v) is 4.80. The molecule has 0 aliphatic rings. The highest BCUT2D eigenvalue weighted by molar-refractivity contribution is 9.10. The highest BCUT2D eigenvalue weighted by atomic mass is 79.9. The number of aromatic nitrogens is 2. The fraction of sp³-hybridized carbons (Fsp3) is 0.400. The number of nitrogens with zero attached hydrogens (tertiary/aromatic N) is 2. The molecule has 0 amide bonds. The third-order valence-electron chi connectivity index (χ3n) is 3.28. The summed E-state index contributed by atoms with van der Waals surface area (Å²) in [4.78, 5) is 0. The van der Waals surface area contributed by atoms with Crippen molar-refractivity contribution in [3.05, 3.63) is 44.1 Å². The van der Waals surface area contributed by atoms with Gasteiger partial charge in [-0.25, -0.2) is 0 Å². The zero-order valence-corrected chi connectivity index (χ0v) is 15.5. The molecule has 21 heavy (non-hydrogen) atoms. The zero-order valence-electron chi connectivity index (χ0n) is 12.4. The van der Waals surface area contributed by atoms with Crippen molar-refractivity contribution in [3.8, 4) is 5.75 Å². The molecule has 0 aliphatic carbocycles. The van der Waals surface area contributed by atoms with E-state index in [1.165, 1.54) is 0 Å². The molecule has 2 N–H and O–H groups in total. The number of hydrogen-bond acceptors (Lipinski definition) is 3. The van der Waals surface area contributed by atoms with E-state index in [-0.39, 0.29) is 6.04 Å². The Morgan fingerprint density at radius 2 is 2.10 bits per heavy atom. The molecule has 0 saturated carbocycles. The number of halogens is 2. The van der Waals surface area contributed by atoms with E-state index in [9.17, 15) is 0 Å². The topological polar surface area (TPSA) is 53.1 Å². The van der Waals surface area contributed by atoms with Gasteiger partial charge in [0.2, 0.25) is 0 Å². The van der Waals surface area contributed by atoms with E-state index in [1.807, 2.05) is 36.7 Å². The first-order chi connectivity index (χ1) is 9.93. The molecule has 1 aromatic carbocycles. The van der Waals surface area contributed by atoms with Gasteiger partial charge in [0.25, 0.3) is 0 Å². The lowest BCUT2D eigenvalue weighted by molar-refractivity contribution is 0.287. The molecule has 0 fully saturated rings. The molecule has 2 rings (SSSR count). The lowest BCUT2D eigenvalue weighted by atomic mass is 10.1. The molecule has 4 nitrogen and oxygen atoms in total. The summed E-state index contributed by atoms with van der Waals surface area (Å²) in [5.74, 6) is 0.807. The number of rotatable bonds is 5. The van der Waals surface area contributed by atoms with Crippen molar-refractivity contribution < 1.29 is 4.74 Å². The number of benzene rings is 1. The van der Waals surface area contributed by atoms with Crippen LogP contribution < -0.4 is 10.5 Å². The minimum Gasteiger partial charge on any atom is -0.487 e. The van der Waals surface area contributed by atoms with Crippen molar-refractivity contribution in [2.24, 2.45) is 5.73 Å². The van der Waals surface area contributed by atoms with Crippen molar-refractivity contribution in [2.75, 3.05) is 0 Å². The summed E-state index contributed by atoms with van der Waals surface area (Å²) in [7, 11) is 0. The lowest BCUT2D eigenvalue weighted by Gasteiger charge is -2.15. The van der Waals surface area contributed by atoms with Crippen LogP contribution in [0.2, 0.25) is 0 Å². The fourth-order valence-corrected chi connectivity index (χ4v) is 2.94. The van der Waals surface area contributed by atoms with Crippen LogP contribution in [0.3, 0.4) is 0 Å². The molecule has 0 radical (unpaired) electrons. The monoisotopic (exact) mass is 415 g/mol.